The summed E-state index contributed by atoms with van der Waals surface area (Å²) >= 11 is 0. The molecule has 1 unspecified atom stereocenters. The van der Waals surface area contributed by atoms with Gasteiger partial charge < -0.3 is 20.1 Å². The maximum Gasteiger partial charge on any atom is 0.407 e. The van der Waals surface area contributed by atoms with E-state index in [4.69, 9.17) is 4.74 Å². The minimum absolute atomic E-state index is 0.0174. The van der Waals surface area contributed by atoms with Gasteiger partial charge in [0, 0.05) is 31.5 Å². The molecule has 1 saturated carbocycles. The molecule has 1 atom stereocenters. The third kappa shape index (κ3) is 4.28. The van der Waals surface area contributed by atoms with Gasteiger partial charge in [0.05, 0.1) is 0 Å². The molecule has 0 radical (unpaired) electrons. The van der Waals surface area contributed by atoms with Crippen LogP contribution in [0.3, 0.4) is 0 Å². The van der Waals surface area contributed by atoms with Gasteiger partial charge >= 0.3 is 12.1 Å². The third-order valence-corrected chi connectivity index (χ3v) is 8.23. The minimum Gasteiger partial charge on any atom is -0.481 e. The lowest BCUT2D eigenvalue weighted by atomic mass is 9.76. The van der Waals surface area contributed by atoms with E-state index in [1.807, 2.05) is 31.2 Å². The van der Waals surface area contributed by atoms with Crippen LogP contribution in [-0.2, 0) is 14.3 Å². The van der Waals surface area contributed by atoms with Crippen LogP contribution in [0.1, 0.15) is 56.1 Å². The number of carbonyl (C=O) groups excluding carboxylic acids is 2. The van der Waals surface area contributed by atoms with E-state index in [1.54, 1.807) is 4.90 Å². The maximum absolute atomic E-state index is 12.9. The van der Waals surface area contributed by atoms with Crippen molar-refractivity contribution in [3.05, 3.63) is 59.7 Å². The molecule has 2 fully saturated rings. The number of nitrogens with zero attached hydrogens (tertiary/aromatic N) is 1. The molecule has 7 heteroatoms. The summed E-state index contributed by atoms with van der Waals surface area (Å²) in [5, 5.41) is 12.4. The highest BCUT2D eigenvalue weighted by Gasteiger charge is 2.50. The Kier molecular flexibility index (Phi) is 6.26. The van der Waals surface area contributed by atoms with Crippen LogP contribution in [0.25, 0.3) is 11.1 Å². The molecule has 0 aromatic heterocycles. The van der Waals surface area contributed by atoms with E-state index in [2.05, 4.69) is 29.6 Å². The number of nitrogens with one attached hydrogen (secondary N) is 1. The number of alkyl carbamates (subject to hydrolysis) is 1. The molecule has 0 bridgehead atoms. The first-order valence-electron chi connectivity index (χ1n) is 12.5. The summed E-state index contributed by atoms with van der Waals surface area (Å²) in [7, 11) is 0. The van der Waals surface area contributed by atoms with Crippen LogP contribution in [-0.4, -0.2) is 53.7 Å². The number of hydrogen-bond donors (Lipinski definition) is 2. The molecule has 5 rings (SSSR count). The monoisotopic (exact) mass is 476 g/mol. The standard InChI is InChI=1S/C28H32N2O5/c1-2-28(26(32)33)16-30(17-28)25(31)14-24(18-8-7-9-18)29-27(34)35-15-23-21-12-5-3-10-19(21)20-11-4-6-13-22(20)23/h3-6,10-13,18,23-24H,2,7-9,14-17H2,1H3,(H,29,34)(H,32,33). The predicted octanol–water partition coefficient (Wildman–Crippen LogP) is 4.41. The number of rotatable bonds is 8. The maximum atomic E-state index is 12.9. The SMILES string of the molecule is CCC1(C(=O)O)CN(C(=O)CC(NC(=O)OCC2c3ccccc3-c3ccccc32)C2CCC2)C1. The van der Waals surface area contributed by atoms with Crippen LogP contribution in [0.5, 0.6) is 0 Å². The van der Waals surface area contributed by atoms with Gasteiger partial charge in [0.2, 0.25) is 5.91 Å². The number of amides is 2. The van der Waals surface area contributed by atoms with Crippen molar-refractivity contribution in [1.29, 1.82) is 0 Å². The molecule has 1 saturated heterocycles. The second kappa shape index (κ2) is 9.36. The Hall–Kier alpha value is -3.35. The van der Waals surface area contributed by atoms with Gasteiger partial charge in [-0.15, -0.1) is 0 Å². The van der Waals surface area contributed by atoms with Crippen LogP contribution in [0.2, 0.25) is 0 Å². The largest absolute Gasteiger partial charge is 0.481 e. The fourth-order valence-corrected chi connectivity index (χ4v) is 5.66. The van der Waals surface area contributed by atoms with E-state index in [0.717, 1.165) is 30.4 Å². The number of carboxylic acids is 1. The average molecular weight is 477 g/mol. The van der Waals surface area contributed by atoms with Gasteiger partial charge in [-0.2, -0.15) is 0 Å². The fraction of sp³-hybridized carbons (Fsp3) is 0.464. The van der Waals surface area contributed by atoms with E-state index in [1.165, 1.54) is 11.1 Å². The lowest BCUT2D eigenvalue weighted by Gasteiger charge is -2.47. The molecule has 2 aliphatic carbocycles. The Labute approximate surface area is 205 Å². The third-order valence-electron chi connectivity index (χ3n) is 8.23. The Bertz CT molecular complexity index is 1090. The number of ether oxygens (including phenoxy) is 1. The minimum atomic E-state index is -0.851. The normalized spacial score (nSPS) is 19.1. The molecule has 2 amide bonds. The van der Waals surface area contributed by atoms with Gasteiger partial charge in [0.1, 0.15) is 12.0 Å². The zero-order chi connectivity index (χ0) is 24.6. The zero-order valence-corrected chi connectivity index (χ0v) is 20.0. The molecule has 0 spiro atoms. The summed E-state index contributed by atoms with van der Waals surface area (Å²) in [5.74, 6) is -0.727. The van der Waals surface area contributed by atoms with Gasteiger partial charge in [-0.3, -0.25) is 9.59 Å². The first-order valence-corrected chi connectivity index (χ1v) is 12.5. The van der Waals surface area contributed by atoms with Crippen molar-refractivity contribution in [2.45, 2.75) is 51.0 Å². The number of hydrogen-bond acceptors (Lipinski definition) is 4. The van der Waals surface area contributed by atoms with E-state index < -0.39 is 17.5 Å². The number of carbonyl (C=O) groups is 3. The highest BCUT2D eigenvalue weighted by molar-refractivity contribution is 5.84. The van der Waals surface area contributed by atoms with Crippen LogP contribution < -0.4 is 5.32 Å². The summed E-state index contributed by atoms with van der Waals surface area (Å²) in [6.07, 6.45) is 3.19. The van der Waals surface area contributed by atoms with Crippen molar-refractivity contribution >= 4 is 18.0 Å². The molecule has 7 nitrogen and oxygen atoms in total. The van der Waals surface area contributed by atoms with E-state index in [9.17, 15) is 19.5 Å². The van der Waals surface area contributed by atoms with Gasteiger partial charge in [-0.25, -0.2) is 4.79 Å². The number of carboxylic acid groups (broad SMARTS) is 1. The first kappa shape index (κ1) is 23.4. The van der Waals surface area contributed by atoms with Gasteiger partial charge in [0.25, 0.3) is 0 Å². The molecule has 2 N–H and O–H groups in total. The molecule has 184 valence electrons. The molecule has 2 aromatic carbocycles. The summed E-state index contributed by atoms with van der Waals surface area (Å²) in [4.78, 5) is 38.8. The molecule has 1 heterocycles. The summed E-state index contributed by atoms with van der Waals surface area (Å²) in [5.41, 5.74) is 3.83. The van der Waals surface area contributed by atoms with Crippen LogP contribution in [0.15, 0.2) is 48.5 Å². The van der Waals surface area contributed by atoms with E-state index in [0.29, 0.717) is 6.42 Å². The molecular weight excluding hydrogens is 444 g/mol. The summed E-state index contributed by atoms with van der Waals surface area (Å²) < 4.78 is 5.70. The van der Waals surface area contributed by atoms with Crippen molar-refractivity contribution in [2.24, 2.45) is 11.3 Å². The number of likely N-dealkylation sites (tertiary alicyclic amines) is 1. The topological polar surface area (TPSA) is 95.9 Å². The number of aliphatic carboxylic acids is 1. The van der Waals surface area contributed by atoms with Crippen molar-refractivity contribution in [3.63, 3.8) is 0 Å². The van der Waals surface area contributed by atoms with Gasteiger partial charge in [-0.1, -0.05) is 61.9 Å². The van der Waals surface area contributed by atoms with E-state index in [-0.39, 0.29) is 49.9 Å². The summed E-state index contributed by atoms with van der Waals surface area (Å²) in [6, 6.07) is 16.1. The molecule has 2 aromatic rings. The zero-order valence-electron chi connectivity index (χ0n) is 20.0. The molecule has 3 aliphatic rings. The Morgan fingerprint density at radius 2 is 1.66 bits per heavy atom. The van der Waals surface area contributed by atoms with Crippen molar-refractivity contribution in [3.8, 4) is 11.1 Å². The van der Waals surface area contributed by atoms with Crippen molar-refractivity contribution in [2.75, 3.05) is 19.7 Å². The van der Waals surface area contributed by atoms with Crippen molar-refractivity contribution < 1.29 is 24.2 Å². The quantitative estimate of drug-likeness (QED) is 0.589. The first-order chi connectivity index (χ1) is 16.9. The fourth-order valence-electron chi connectivity index (χ4n) is 5.66. The highest BCUT2D eigenvalue weighted by atomic mass is 16.5. The molecule has 35 heavy (non-hydrogen) atoms. The highest BCUT2D eigenvalue weighted by Crippen LogP contribution is 2.44. The number of fused-ring (bicyclic) bond motifs is 3. The van der Waals surface area contributed by atoms with Gasteiger partial charge in [-0.05, 0) is 47.4 Å². The second-order valence-corrected chi connectivity index (χ2v) is 10.2. The van der Waals surface area contributed by atoms with Crippen molar-refractivity contribution in [1.82, 2.24) is 10.2 Å². The summed E-state index contributed by atoms with van der Waals surface area (Å²) in [6.45, 7) is 2.54. The van der Waals surface area contributed by atoms with E-state index >= 15 is 0 Å². The number of benzene rings is 2. The lowest BCUT2D eigenvalue weighted by Crippen LogP contribution is -2.62. The smallest absolute Gasteiger partial charge is 0.407 e. The molecule has 1 aliphatic heterocycles. The second-order valence-electron chi connectivity index (χ2n) is 10.2. The lowest BCUT2D eigenvalue weighted by molar-refractivity contribution is -0.166. The average Bonchev–Trinajstić information content (AvgIpc) is 3.10. The Morgan fingerprint density at radius 1 is 1.06 bits per heavy atom. The van der Waals surface area contributed by atoms with Crippen LogP contribution in [0, 0.1) is 11.3 Å². The Morgan fingerprint density at radius 3 is 2.17 bits per heavy atom. The van der Waals surface area contributed by atoms with Crippen LogP contribution >= 0.6 is 0 Å². The van der Waals surface area contributed by atoms with Gasteiger partial charge in [0.15, 0.2) is 0 Å². The Balaban J connectivity index is 1.20. The molecular formula is C28H32N2O5. The van der Waals surface area contributed by atoms with Crippen LogP contribution in [0.4, 0.5) is 4.79 Å². The predicted molar refractivity (Wildman–Crippen MR) is 131 cm³/mol.